The molecule has 0 aliphatic carbocycles. The van der Waals surface area contributed by atoms with E-state index in [0.29, 0.717) is 16.4 Å². The minimum Gasteiger partial charge on any atom is -0.496 e. The quantitative estimate of drug-likeness (QED) is 0.914. The number of thiazole rings is 1. The Morgan fingerprint density at radius 1 is 1.33 bits per heavy atom. The summed E-state index contributed by atoms with van der Waals surface area (Å²) in [6.45, 7) is 5.75. The van der Waals surface area contributed by atoms with Crippen molar-refractivity contribution in [2.24, 2.45) is 0 Å². The fraction of sp³-hybridized carbons (Fsp3) is 0.357. The molecule has 1 aromatic heterocycles. The van der Waals surface area contributed by atoms with Crippen LogP contribution in [-0.4, -0.2) is 20.5 Å². The highest BCUT2D eigenvalue weighted by Gasteiger charge is 2.21. The summed E-state index contributed by atoms with van der Waals surface area (Å²) in [6, 6.07) is 3.43. The Balaban J connectivity index is 2.50. The first-order valence-electron chi connectivity index (χ1n) is 6.46. The Kier molecular flexibility index (Phi) is 4.53. The summed E-state index contributed by atoms with van der Waals surface area (Å²) in [5, 5.41) is 2.08. The van der Waals surface area contributed by atoms with Crippen molar-refractivity contribution in [1.82, 2.24) is 4.98 Å². The van der Waals surface area contributed by atoms with Gasteiger partial charge in [0, 0.05) is 11.6 Å². The molecule has 0 bridgehead atoms. The highest BCUT2D eigenvalue weighted by atomic mass is 32.2. The van der Waals surface area contributed by atoms with Crippen LogP contribution in [0.5, 0.6) is 5.75 Å². The second kappa shape index (κ2) is 6.03. The topological polar surface area (TPSA) is 68.3 Å². The maximum atomic E-state index is 12.5. The molecule has 2 aromatic rings. The van der Waals surface area contributed by atoms with Crippen molar-refractivity contribution in [2.45, 2.75) is 31.6 Å². The van der Waals surface area contributed by atoms with Crippen LogP contribution in [0.2, 0.25) is 0 Å². The maximum Gasteiger partial charge on any atom is 0.263 e. The lowest BCUT2D eigenvalue weighted by atomic mass is 10.0. The van der Waals surface area contributed by atoms with Gasteiger partial charge in [-0.05, 0) is 36.1 Å². The van der Waals surface area contributed by atoms with Crippen LogP contribution in [0.15, 0.2) is 28.6 Å². The van der Waals surface area contributed by atoms with E-state index >= 15 is 0 Å². The molecule has 0 saturated heterocycles. The second-order valence-corrected chi connectivity index (χ2v) is 7.50. The van der Waals surface area contributed by atoms with E-state index < -0.39 is 10.0 Å². The van der Waals surface area contributed by atoms with Crippen LogP contribution in [0.1, 0.15) is 30.9 Å². The Bertz CT molecular complexity index is 723. The molecular weight excluding hydrogens is 308 g/mol. The normalized spacial score (nSPS) is 11.7. The lowest BCUT2D eigenvalue weighted by molar-refractivity contribution is 0.406. The molecule has 7 heteroatoms. The third kappa shape index (κ3) is 3.36. The van der Waals surface area contributed by atoms with E-state index in [0.717, 1.165) is 5.56 Å². The number of aryl methyl sites for hydroxylation is 1. The van der Waals surface area contributed by atoms with Crippen molar-refractivity contribution < 1.29 is 13.2 Å². The number of rotatable bonds is 5. The number of hydrogen-bond acceptors (Lipinski definition) is 5. The van der Waals surface area contributed by atoms with Gasteiger partial charge < -0.3 is 4.74 Å². The van der Waals surface area contributed by atoms with Gasteiger partial charge in [-0.2, -0.15) is 0 Å². The van der Waals surface area contributed by atoms with E-state index in [2.05, 4.69) is 9.71 Å². The summed E-state index contributed by atoms with van der Waals surface area (Å²) in [7, 11) is -2.07. The molecule has 1 N–H and O–H groups in total. The number of hydrogen-bond donors (Lipinski definition) is 1. The van der Waals surface area contributed by atoms with Crippen LogP contribution in [0, 0.1) is 6.92 Å². The summed E-state index contributed by atoms with van der Waals surface area (Å²) in [6.07, 6.45) is 1.56. The number of nitrogens with one attached hydrogen (secondary N) is 1. The van der Waals surface area contributed by atoms with Gasteiger partial charge in [0.1, 0.15) is 5.75 Å². The van der Waals surface area contributed by atoms with E-state index in [1.54, 1.807) is 37.7 Å². The third-order valence-corrected chi connectivity index (χ3v) is 5.39. The molecule has 0 atom stereocenters. The number of ether oxygens (including phenoxy) is 1. The van der Waals surface area contributed by atoms with Crippen molar-refractivity contribution in [1.29, 1.82) is 0 Å². The number of methoxy groups -OCH3 is 1. The van der Waals surface area contributed by atoms with Crippen LogP contribution in [-0.2, 0) is 10.0 Å². The van der Waals surface area contributed by atoms with Gasteiger partial charge in [0.2, 0.25) is 0 Å². The highest BCUT2D eigenvalue weighted by molar-refractivity contribution is 7.93. The van der Waals surface area contributed by atoms with Crippen LogP contribution < -0.4 is 9.46 Å². The Hall–Kier alpha value is -1.60. The lowest BCUT2D eigenvalue weighted by Crippen LogP contribution is -2.15. The third-order valence-electron chi connectivity index (χ3n) is 3.09. The van der Waals surface area contributed by atoms with E-state index in [1.807, 2.05) is 13.8 Å². The fourth-order valence-corrected chi connectivity index (χ4v) is 4.09. The number of benzene rings is 1. The molecule has 0 aliphatic rings. The number of aromatic nitrogens is 1. The SMILES string of the molecule is COc1cc(C)c(S(=O)(=O)Nc2nccs2)cc1C(C)C. The van der Waals surface area contributed by atoms with E-state index in [9.17, 15) is 8.42 Å². The zero-order valence-corrected chi connectivity index (χ0v) is 14.0. The first-order valence-corrected chi connectivity index (χ1v) is 8.82. The molecule has 0 fully saturated rings. The molecule has 0 aliphatic heterocycles. The molecule has 0 spiro atoms. The summed E-state index contributed by atoms with van der Waals surface area (Å²) in [4.78, 5) is 4.20. The molecule has 0 radical (unpaired) electrons. The summed E-state index contributed by atoms with van der Waals surface area (Å²) < 4.78 is 32.9. The number of anilines is 1. The molecular formula is C14H18N2O3S2. The molecule has 1 aromatic carbocycles. The lowest BCUT2D eigenvalue weighted by Gasteiger charge is -2.16. The molecule has 0 saturated carbocycles. The van der Waals surface area contributed by atoms with Crippen LogP contribution in [0.25, 0.3) is 0 Å². The molecule has 2 rings (SSSR count). The van der Waals surface area contributed by atoms with Crippen molar-refractivity contribution in [3.63, 3.8) is 0 Å². The van der Waals surface area contributed by atoms with Crippen molar-refractivity contribution in [3.05, 3.63) is 34.8 Å². The summed E-state index contributed by atoms with van der Waals surface area (Å²) in [5.41, 5.74) is 1.50. The Morgan fingerprint density at radius 3 is 2.57 bits per heavy atom. The first-order chi connectivity index (χ1) is 9.85. The van der Waals surface area contributed by atoms with Crippen LogP contribution in [0.3, 0.4) is 0 Å². The Labute approximate surface area is 129 Å². The number of nitrogens with zero attached hydrogens (tertiary/aromatic N) is 1. The smallest absolute Gasteiger partial charge is 0.263 e. The molecule has 114 valence electrons. The fourth-order valence-electron chi connectivity index (χ4n) is 2.04. The largest absolute Gasteiger partial charge is 0.496 e. The summed E-state index contributed by atoms with van der Waals surface area (Å²) >= 11 is 1.24. The van der Waals surface area contributed by atoms with Crippen molar-refractivity contribution in [2.75, 3.05) is 11.8 Å². The molecule has 21 heavy (non-hydrogen) atoms. The maximum absolute atomic E-state index is 12.5. The minimum atomic E-state index is -3.65. The first kappa shape index (κ1) is 15.8. The molecule has 0 unspecified atom stereocenters. The van der Waals surface area contributed by atoms with Gasteiger partial charge >= 0.3 is 0 Å². The molecule has 1 heterocycles. The second-order valence-electron chi connectivity index (χ2n) is 4.96. The molecule has 0 amide bonds. The average Bonchev–Trinajstić information content (AvgIpc) is 2.89. The van der Waals surface area contributed by atoms with Gasteiger partial charge in [-0.1, -0.05) is 13.8 Å². The van der Waals surface area contributed by atoms with Crippen molar-refractivity contribution in [3.8, 4) is 5.75 Å². The Morgan fingerprint density at radius 2 is 2.05 bits per heavy atom. The van der Waals surface area contributed by atoms with Crippen LogP contribution in [0.4, 0.5) is 5.13 Å². The summed E-state index contributed by atoms with van der Waals surface area (Å²) in [5.74, 6) is 0.866. The predicted molar refractivity (Wildman–Crippen MR) is 84.7 cm³/mol. The van der Waals surface area contributed by atoms with Crippen molar-refractivity contribution >= 4 is 26.5 Å². The predicted octanol–water partition coefficient (Wildman–Crippen LogP) is 3.38. The van der Waals surface area contributed by atoms with Gasteiger partial charge in [0.25, 0.3) is 10.0 Å². The van der Waals surface area contributed by atoms with E-state index in [1.165, 1.54) is 11.3 Å². The minimum absolute atomic E-state index is 0.161. The van der Waals surface area contributed by atoms with Crippen LogP contribution >= 0.6 is 11.3 Å². The standard InChI is InChI=1S/C14H18N2O3S2/c1-9(2)11-8-13(10(3)7-12(11)19-4)21(17,18)16-14-15-5-6-20-14/h5-9H,1-4H3,(H,15,16). The van der Waals surface area contributed by atoms with Gasteiger partial charge in [0.15, 0.2) is 5.13 Å². The van der Waals surface area contributed by atoms with Gasteiger partial charge in [-0.15, -0.1) is 11.3 Å². The van der Waals surface area contributed by atoms with Gasteiger partial charge in [0.05, 0.1) is 12.0 Å². The van der Waals surface area contributed by atoms with Gasteiger partial charge in [-0.3, -0.25) is 4.72 Å². The van der Waals surface area contributed by atoms with Gasteiger partial charge in [-0.25, -0.2) is 13.4 Å². The van der Waals surface area contributed by atoms with E-state index in [4.69, 9.17) is 4.74 Å². The number of sulfonamides is 1. The monoisotopic (exact) mass is 326 g/mol. The highest BCUT2D eigenvalue weighted by Crippen LogP contribution is 2.32. The zero-order valence-electron chi connectivity index (χ0n) is 12.4. The zero-order chi connectivity index (χ0) is 15.6. The van der Waals surface area contributed by atoms with E-state index in [-0.39, 0.29) is 10.8 Å². The average molecular weight is 326 g/mol. The molecule has 5 nitrogen and oxygen atoms in total.